The van der Waals surface area contributed by atoms with Crippen molar-refractivity contribution in [1.29, 1.82) is 0 Å². The summed E-state index contributed by atoms with van der Waals surface area (Å²) in [5.74, 6) is -1.05. The van der Waals surface area contributed by atoms with Crippen molar-refractivity contribution < 1.29 is 14.3 Å². The van der Waals surface area contributed by atoms with Gasteiger partial charge in [0.05, 0.1) is 34.1 Å². The van der Waals surface area contributed by atoms with Gasteiger partial charge in [0.1, 0.15) is 0 Å². The summed E-state index contributed by atoms with van der Waals surface area (Å²) in [6.07, 6.45) is 2.97. The van der Waals surface area contributed by atoms with E-state index in [-0.39, 0.29) is 0 Å². The molecule has 8 heteroatoms. The van der Waals surface area contributed by atoms with Crippen LogP contribution in [0.3, 0.4) is 0 Å². The van der Waals surface area contributed by atoms with E-state index in [1.54, 1.807) is 10.8 Å². The molecule has 2 heterocycles. The Balaban J connectivity index is 1.37. The molecule has 0 spiro atoms. The van der Waals surface area contributed by atoms with Crippen LogP contribution in [-0.4, -0.2) is 38.0 Å². The summed E-state index contributed by atoms with van der Waals surface area (Å²) < 4.78 is 8.77. The van der Waals surface area contributed by atoms with Crippen molar-refractivity contribution in [2.24, 2.45) is 0 Å². The third-order valence-corrected chi connectivity index (χ3v) is 5.91. The molecule has 4 aromatic rings. The standard InChI is InChI=1S/C28H29N5O3/c1-18-11-13-24(14-12-18)33-22(5)28(20(3)31-33)29-26(34)17-36-27(35)16-15-25-19(2)30-32(21(25)4)23-9-7-6-8-10-23/h6-16H,17H2,1-5H3,(H,29,34)/b16-15+. The summed E-state index contributed by atoms with van der Waals surface area (Å²) >= 11 is 0. The Bertz CT molecular complexity index is 1430. The highest BCUT2D eigenvalue weighted by Crippen LogP contribution is 2.23. The molecule has 4 rings (SSSR count). The lowest BCUT2D eigenvalue weighted by molar-refractivity contribution is -0.142. The molecular weight excluding hydrogens is 454 g/mol. The smallest absolute Gasteiger partial charge is 0.331 e. The number of carbonyl (C=O) groups is 2. The number of aryl methyl sites for hydroxylation is 3. The minimum atomic E-state index is -0.611. The van der Waals surface area contributed by atoms with Crippen LogP contribution < -0.4 is 5.32 Å². The Morgan fingerprint density at radius 2 is 1.44 bits per heavy atom. The van der Waals surface area contributed by atoms with Gasteiger partial charge in [-0.2, -0.15) is 10.2 Å². The molecule has 2 aromatic carbocycles. The van der Waals surface area contributed by atoms with Crippen molar-refractivity contribution in [1.82, 2.24) is 19.6 Å². The van der Waals surface area contributed by atoms with Crippen LogP contribution in [0, 0.1) is 34.6 Å². The maximum atomic E-state index is 12.5. The number of rotatable bonds is 7. The number of hydrogen-bond acceptors (Lipinski definition) is 5. The topological polar surface area (TPSA) is 91.0 Å². The molecule has 36 heavy (non-hydrogen) atoms. The maximum Gasteiger partial charge on any atom is 0.331 e. The summed E-state index contributed by atoms with van der Waals surface area (Å²) in [6.45, 7) is 9.14. The Hall–Kier alpha value is -4.46. The lowest BCUT2D eigenvalue weighted by Crippen LogP contribution is -2.20. The molecule has 0 aliphatic heterocycles. The molecule has 1 amide bonds. The van der Waals surface area contributed by atoms with Crippen molar-refractivity contribution in [3.05, 3.63) is 94.6 Å². The lowest BCUT2D eigenvalue weighted by Gasteiger charge is -2.07. The van der Waals surface area contributed by atoms with Gasteiger partial charge < -0.3 is 10.1 Å². The van der Waals surface area contributed by atoms with Gasteiger partial charge in [-0.3, -0.25) is 4.79 Å². The van der Waals surface area contributed by atoms with Crippen LogP contribution in [0.2, 0.25) is 0 Å². The third kappa shape index (κ3) is 5.27. The molecule has 0 bridgehead atoms. The zero-order valence-corrected chi connectivity index (χ0v) is 21.1. The highest BCUT2D eigenvalue weighted by atomic mass is 16.5. The first kappa shape index (κ1) is 24.7. The van der Waals surface area contributed by atoms with Gasteiger partial charge in [0, 0.05) is 17.3 Å². The number of para-hydroxylation sites is 1. The van der Waals surface area contributed by atoms with Crippen molar-refractivity contribution in [3.63, 3.8) is 0 Å². The first-order valence-corrected chi connectivity index (χ1v) is 11.6. The van der Waals surface area contributed by atoms with E-state index in [0.717, 1.165) is 39.6 Å². The molecule has 1 N–H and O–H groups in total. The number of esters is 1. The number of ether oxygens (including phenoxy) is 1. The van der Waals surface area contributed by atoms with E-state index in [1.165, 1.54) is 6.08 Å². The van der Waals surface area contributed by atoms with E-state index in [9.17, 15) is 9.59 Å². The second kappa shape index (κ2) is 10.4. The largest absolute Gasteiger partial charge is 0.452 e. The zero-order valence-electron chi connectivity index (χ0n) is 21.1. The summed E-state index contributed by atoms with van der Waals surface area (Å²) in [5, 5.41) is 11.9. The molecule has 0 saturated heterocycles. The molecule has 0 aliphatic carbocycles. The fraction of sp³-hybridized carbons (Fsp3) is 0.214. The number of hydrogen-bond donors (Lipinski definition) is 1. The van der Waals surface area contributed by atoms with E-state index in [2.05, 4.69) is 15.5 Å². The Morgan fingerprint density at radius 3 is 2.14 bits per heavy atom. The third-order valence-electron chi connectivity index (χ3n) is 5.91. The van der Waals surface area contributed by atoms with Crippen LogP contribution in [0.4, 0.5) is 5.69 Å². The second-order valence-corrected chi connectivity index (χ2v) is 8.61. The van der Waals surface area contributed by atoms with E-state index < -0.39 is 18.5 Å². The van der Waals surface area contributed by atoms with Gasteiger partial charge in [0.2, 0.25) is 0 Å². The number of nitrogens with zero attached hydrogens (tertiary/aromatic N) is 4. The van der Waals surface area contributed by atoms with Crippen molar-refractivity contribution >= 4 is 23.6 Å². The fourth-order valence-electron chi connectivity index (χ4n) is 3.99. The van der Waals surface area contributed by atoms with Crippen LogP contribution in [0.5, 0.6) is 0 Å². The molecule has 184 valence electrons. The van der Waals surface area contributed by atoms with Crippen LogP contribution in [0.15, 0.2) is 60.7 Å². The maximum absolute atomic E-state index is 12.5. The van der Waals surface area contributed by atoms with Gasteiger partial charge in [-0.15, -0.1) is 0 Å². The number of aromatic nitrogens is 4. The number of amides is 1. The summed E-state index contributed by atoms with van der Waals surface area (Å²) in [6, 6.07) is 17.7. The predicted octanol–water partition coefficient (Wildman–Crippen LogP) is 4.80. The van der Waals surface area contributed by atoms with Gasteiger partial charge >= 0.3 is 5.97 Å². The molecule has 0 radical (unpaired) electrons. The minimum absolute atomic E-state index is 0.404. The van der Waals surface area contributed by atoms with Crippen molar-refractivity contribution in [3.8, 4) is 11.4 Å². The van der Waals surface area contributed by atoms with Crippen LogP contribution in [-0.2, 0) is 14.3 Å². The second-order valence-electron chi connectivity index (χ2n) is 8.61. The van der Waals surface area contributed by atoms with E-state index in [1.807, 2.05) is 93.9 Å². The fourth-order valence-corrected chi connectivity index (χ4v) is 3.99. The van der Waals surface area contributed by atoms with E-state index in [0.29, 0.717) is 11.4 Å². The first-order chi connectivity index (χ1) is 17.2. The quantitative estimate of drug-likeness (QED) is 0.301. The van der Waals surface area contributed by atoms with Crippen LogP contribution in [0.1, 0.15) is 33.9 Å². The Labute approximate surface area is 210 Å². The molecule has 0 fully saturated rings. The monoisotopic (exact) mass is 483 g/mol. The highest BCUT2D eigenvalue weighted by molar-refractivity contribution is 5.95. The van der Waals surface area contributed by atoms with E-state index in [4.69, 9.17) is 4.74 Å². The van der Waals surface area contributed by atoms with Gasteiger partial charge in [0.15, 0.2) is 6.61 Å². The predicted molar refractivity (Wildman–Crippen MR) is 139 cm³/mol. The highest BCUT2D eigenvalue weighted by Gasteiger charge is 2.16. The summed E-state index contributed by atoms with van der Waals surface area (Å²) in [4.78, 5) is 24.8. The molecule has 8 nitrogen and oxygen atoms in total. The molecular formula is C28H29N5O3. The minimum Gasteiger partial charge on any atom is -0.452 e. The van der Waals surface area contributed by atoms with Crippen LogP contribution >= 0.6 is 0 Å². The van der Waals surface area contributed by atoms with Crippen molar-refractivity contribution in [2.45, 2.75) is 34.6 Å². The number of carbonyl (C=O) groups excluding carboxylic acids is 2. The number of benzene rings is 2. The average molecular weight is 484 g/mol. The van der Waals surface area contributed by atoms with E-state index >= 15 is 0 Å². The van der Waals surface area contributed by atoms with Gasteiger partial charge in [-0.25, -0.2) is 14.2 Å². The number of anilines is 1. The first-order valence-electron chi connectivity index (χ1n) is 11.6. The molecule has 0 unspecified atom stereocenters. The normalized spacial score (nSPS) is 11.1. The zero-order chi connectivity index (χ0) is 25.8. The van der Waals surface area contributed by atoms with Crippen LogP contribution in [0.25, 0.3) is 17.5 Å². The summed E-state index contributed by atoms with van der Waals surface area (Å²) in [7, 11) is 0. The average Bonchev–Trinajstić information content (AvgIpc) is 3.31. The Kier molecular flexibility index (Phi) is 7.15. The van der Waals surface area contributed by atoms with Gasteiger partial charge in [-0.05, 0) is 65.0 Å². The lowest BCUT2D eigenvalue weighted by atomic mass is 10.2. The SMILES string of the molecule is Cc1ccc(-n2nc(C)c(NC(=O)COC(=O)/C=C/c3c(C)nn(-c4ccccc4)c3C)c2C)cc1. The molecule has 0 saturated carbocycles. The number of nitrogens with one attached hydrogen (secondary N) is 1. The molecule has 0 atom stereocenters. The Morgan fingerprint density at radius 1 is 0.833 bits per heavy atom. The van der Waals surface area contributed by atoms with Crippen molar-refractivity contribution in [2.75, 3.05) is 11.9 Å². The van der Waals surface area contributed by atoms with Gasteiger partial charge in [0.25, 0.3) is 5.91 Å². The summed E-state index contributed by atoms with van der Waals surface area (Å²) in [5.41, 5.74) is 7.58. The molecule has 2 aromatic heterocycles. The molecule has 0 aliphatic rings. The van der Waals surface area contributed by atoms with Gasteiger partial charge in [-0.1, -0.05) is 35.9 Å².